The van der Waals surface area contributed by atoms with E-state index in [1.54, 1.807) is 48.5 Å². The van der Waals surface area contributed by atoms with E-state index in [0.29, 0.717) is 16.4 Å². The molecule has 1 amide bonds. The number of phenolic OH excluding ortho intramolecular Hbond substituents is 1. The Hall–Kier alpha value is -2.97. The number of phenols is 1. The molecule has 6 heteroatoms. The van der Waals surface area contributed by atoms with Crippen molar-refractivity contribution in [3.63, 3.8) is 0 Å². The molecule has 0 saturated carbocycles. The summed E-state index contributed by atoms with van der Waals surface area (Å²) in [4.78, 5) is 12.0. The topological polar surface area (TPSA) is 85.2 Å². The average Bonchev–Trinajstić information content (AvgIpc) is 2.49. The second kappa shape index (κ2) is 7.16. The molecule has 2 aromatic rings. The number of anilines is 2. The summed E-state index contributed by atoms with van der Waals surface area (Å²) in [5, 5.41) is 24.4. The lowest BCUT2D eigenvalue weighted by Gasteiger charge is -2.06. The SMILES string of the molecule is N#C/C(=C/Nc1ccccc1O)C(=O)Nc1cccc(Cl)c1. The third-order valence-electron chi connectivity index (χ3n) is 2.72. The molecule has 2 rings (SSSR count). The molecular formula is C16H12ClN3O2. The molecule has 0 fully saturated rings. The molecule has 0 radical (unpaired) electrons. The summed E-state index contributed by atoms with van der Waals surface area (Å²) in [5.74, 6) is -0.557. The zero-order chi connectivity index (χ0) is 15.9. The van der Waals surface area contributed by atoms with Gasteiger partial charge < -0.3 is 15.7 Å². The van der Waals surface area contributed by atoms with Crippen LogP contribution in [-0.4, -0.2) is 11.0 Å². The average molecular weight is 314 g/mol. The van der Waals surface area contributed by atoms with Gasteiger partial charge in [0.25, 0.3) is 5.91 Å². The standard InChI is InChI=1S/C16H12ClN3O2/c17-12-4-3-5-13(8-12)20-16(22)11(9-18)10-19-14-6-1-2-7-15(14)21/h1-8,10,19,21H,(H,20,22)/b11-10-. The van der Waals surface area contributed by atoms with E-state index in [4.69, 9.17) is 16.9 Å². The first-order valence-corrected chi connectivity index (χ1v) is 6.69. The minimum atomic E-state index is -0.576. The fourth-order valence-electron chi connectivity index (χ4n) is 1.66. The Morgan fingerprint density at radius 1 is 1.23 bits per heavy atom. The summed E-state index contributed by atoms with van der Waals surface area (Å²) in [5.41, 5.74) is 0.746. The molecule has 110 valence electrons. The molecule has 0 aromatic heterocycles. The van der Waals surface area contributed by atoms with Crippen LogP contribution in [0.25, 0.3) is 0 Å². The molecule has 0 saturated heterocycles. The van der Waals surface area contributed by atoms with Gasteiger partial charge in [-0.25, -0.2) is 0 Å². The number of nitrogens with one attached hydrogen (secondary N) is 2. The molecule has 3 N–H and O–H groups in total. The molecule has 0 unspecified atom stereocenters. The Morgan fingerprint density at radius 3 is 2.68 bits per heavy atom. The summed E-state index contributed by atoms with van der Waals surface area (Å²) in [6, 6.07) is 14.9. The molecule has 0 aliphatic rings. The van der Waals surface area contributed by atoms with Crippen LogP contribution in [0.1, 0.15) is 0 Å². The number of nitriles is 1. The summed E-state index contributed by atoms with van der Waals surface area (Å²) >= 11 is 5.83. The largest absolute Gasteiger partial charge is 0.506 e. The fourth-order valence-corrected chi connectivity index (χ4v) is 1.85. The van der Waals surface area contributed by atoms with Crippen molar-refractivity contribution in [2.75, 3.05) is 10.6 Å². The van der Waals surface area contributed by atoms with Crippen molar-refractivity contribution < 1.29 is 9.90 Å². The monoisotopic (exact) mass is 313 g/mol. The van der Waals surface area contributed by atoms with Crippen molar-refractivity contribution in [3.05, 3.63) is 65.3 Å². The maximum atomic E-state index is 12.0. The van der Waals surface area contributed by atoms with Crippen molar-refractivity contribution in [1.82, 2.24) is 0 Å². The third kappa shape index (κ3) is 4.01. The predicted molar refractivity (Wildman–Crippen MR) is 85.5 cm³/mol. The number of carbonyl (C=O) groups excluding carboxylic acids is 1. The highest BCUT2D eigenvalue weighted by Crippen LogP contribution is 2.21. The van der Waals surface area contributed by atoms with Crippen molar-refractivity contribution >= 4 is 28.9 Å². The molecule has 0 atom stereocenters. The zero-order valence-corrected chi connectivity index (χ0v) is 12.1. The van der Waals surface area contributed by atoms with E-state index in [1.807, 2.05) is 0 Å². The van der Waals surface area contributed by atoms with Gasteiger partial charge in [-0.2, -0.15) is 5.26 Å². The molecule has 0 heterocycles. The Bertz CT molecular complexity index is 766. The van der Waals surface area contributed by atoms with Gasteiger partial charge in [-0.05, 0) is 30.3 Å². The van der Waals surface area contributed by atoms with E-state index in [1.165, 1.54) is 12.3 Å². The van der Waals surface area contributed by atoms with Gasteiger partial charge in [0.1, 0.15) is 17.4 Å². The quantitative estimate of drug-likeness (QED) is 0.458. The minimum Gasteiger partial charge on any atom is -0.506 e. The lowest BCUT2D eigenvalue weighted by Crippen LogP contribution is -2.14. The van der Waals surface area contributed by atoms with E-state index in [0.717, 1.165) is 0 Å². The lowest BCUT2D eigenvalue weighted by atomic mass is 10.2. The molecule has 22 heavy (non-hydrogen) atoms. The number of carbonyl (C=O) groups is 1. The summed E-state index contributed by atoms with van der Waals surface area (Å²) < 4.78 is 0. The van der Waals surface area contributed by atoms with Crippen LogP contribution in [0.4, 0.5) is 11.4 Å². The van der Waals surface area contributed by atoms with Crippen molar-refractivity contribution in [3.8, 4) is 11.8 Å². The number of hydrogen-bond donors (Lipinski definition) is 3. The van der Waals surface area contributed by atoms with Crippen LogP contribution in [0.15, 0.2) is 60.3 Å². The molecule has 2 aromatic carbocycles. The third-order valence-corrected chi connectivity index (χ3v) is 2.96. The second-order valence-corrected chi connectivity index (χ2v) is 4.73. The van der Waals surface area contributed by atoms with Crippen molar-refractivity contribution in [2.45, 2.75) is 0 Å². The minimum absolute atomic E-state index is 0.0197. The second-order valence-electron chi connectivity index (χ2n) is 4.30. The van der Waals surface area contributed by atoms with E-state index in [2.05, 4.69) is 10.6 Å². The Morgan fingerprint density at radius 2 is 2.00 bits per heavy atom. The molecule has 0 aliphatic carbocycles. The van der Waals surface area contributed by atoms with Crippen molar-refractivity contribution in [1.29, 1.82) is 5.26 Å². The number of hydrogen-bond acceptors (Lipinski definition) is 4. The number of halogens is 1. The van der Waals surface area contributed by atoms with Crippen LogP contribution in [0.3, 0.4) is 0 Å². The van der Waals surface area contributed by atoms with Gasteiger partial charge in [0, 0.05) is 16.9 Å². The number of amides is 1. The highest BCUT2D eigenvalue weighted by Gasteiger charge is 2.09. The van der Waals surface area contributed by atoms with E-state index < -0.39 is 5.91 Å². The maximum Gasteiger partial charge on any atom is 0.267 e. The fraction of sp³-hybridized carbons (Fsp3) is 0. The molecule has 5 nitrogen and oxygen atoms in total. The number of nitrogens with zero attached hydrogens (tertiary/aromatic N) is 1. The number of benzene rings is 2. The number of para-hydroxylation sites is 2. The normalized spacial score (nSPS) is 10.6. The first-order chi connectivity index (χ1) is 10.6. The first kappa shape index (κ1) is 15.4. The molecule has 0 spiro atoms. The van der Waals surface area contributed by atoms with Gasteiger partial charge >= 0.3 is 0 Å². The maximum absolute atomic E-state index is 12.0. The molecule has 0 bridgehead atoms. The first-order valence-electron chi connectivity index (χ1n) is 6.32. The lowest BCUT2D eigenvalue weighted by molar-refractivity contribution is -0.112. The smallest absolute Gasteiger partial charge is 0.267 e. The molecular weight excluding hydrogens is 302 g/mol. The van der Waals surface area contributed by atoms with Crippen LogP contribution in [0.5, 0.6) is 5.75 Å². The highest BCUT2D eigenvalue weighted by atomic mass is 35.5. The number of rotatable bonds is 4. The van der Waals surface area contributed by atoms with Crippen molar-refractivity contribution in [2.24, 2.45) is 0 Å². The highest BCUT2D eigenvalue weighted by molar-refractivity contribution is 6.31. The van der Waals surface area contributed by atoms with Crippen LogP contribution >= 0.6 is 11.6 Å². The van der Waals surface area contributed by atoms with E-state index >= 15 is 0 Å². The Balaban J connectivity index is 2.11. The summed E-state index contributed by atoms with van der Waals surface area (Å²) in [7, 11) is 0. The van der Waals surface area contributed by atoms with Gasteiger partial charge in [-0.15, -0.1) is 0 Å². The van der Waals surface area contributed by atoms with Gasteiger partial charge in [0.15, 0.2) is 0 Å². The van der Waals surface area contributed by atoms with Gasteiger partial charge in [0.05, 0.1) is 5.69 Å². The van der Waals surface area contributed by atoms with Crippen LogP contribution in [0.2, 0.25) is 5.02 Å². The Kier molecular flexibility index (Phi) is 5.02. The molecule has 0 aliphatic heterocycles. The van der Waals surface area contributed by atoms with Gasteiger partial charge in [-0.3, -0.25) is 4.79 Å². The Labute approximate surface area is 132 Å². The summed E-state index contributed by atoms with van der Waals surface area (Å²) in [6.45, 7) is 0. The van der Waals surface area contributed by atoms with Crippen LogP contribution in [0, 0.1) is 11.3 Å². The van der Waals surface area contributed by atoms with Gasteiger partial charge in [-0.1, -0.05) is 29.8 Å². The van der Waals surface area contributed by atoms with E-state index in [9.17, 15) is 9.90 Å². The predicted octanol–water partition coefficient (Wildman–Crippen LogP) is 3.50. The van der Waals surface area contributed by atoms with Crippen LogP contribution < -0.4 is 10.6 Å². The zero-order valence-electron chi connectivity index (χ0n) is 11.4. The van der Waals surface area contributed by atoms with Crippen LogP contribution in [-0.2, 0) is 4.79 Å². The van der Waals surface area contributed by atoms with Gasteiger partial charge in [0.2, 0.25) is 0 Å². The van der Waals surface area contributed by atoms with E-state index in [-0.39, 0.29) is 11.3 Å². The number of aromatic hydroxyl groups is 1. The summed E-state index contributed by atoms with van der Waals surface area (Å²) in [6.07, 6.45) is 1.23.